The van der Waals surface area contributed by atoms with Gasteiger partial charge in [0.25, 0.3) is 0 Å². The number of carbonyl (C=O) groups is 2. The molecule has 0 aliphatic rings. The highest BCUT2D eigenvalue weighted by molar-refractivity contribution is 5.95. The molecular weight excluding hydrogens is 197 g/mol. The van der Waals surface area contributed by atoms with Gasteiger partial charge in [0.1, 0.15) is 0 Å². The van der Waals surface area contributed by atoms with Crippen LogP contribution in [0.1, 0.15) is 24.2 Å². The van der Waals surface area contributed by atoms with Gasteiger partial charge in [-0.3, -0.25) is 14.0 Å². The molecule has 0 heterocycles. The molecule has 1 N–H and O–H groups in total. The van der Waals surface area contributed by atoms with Crippen LogP contribution in [0, 0.1) is 0 Å². The number of hydrogen-bond donors (Lipinski definition) is 1. The molecule has 15 heavy (non-hydrogen) atoms. The number of rotatable bonds is 2. The van der Waals surface area contributed by atoms with Crippen molar-refractivity contribution in [2.45, 2.75) is 13.8 Å². The number of amides is 1. The number of nitrogens with one attached hydrogen (secondary N) is 1. The number of halogens is 1. The van der Waals surface area contributed by atoms with E-state index < -0.39 is 0 Å². The Balaban J connectivity index is 0.000000921. The third-order valence-corrected chi connectivity index (χ3v) is 1.61. The summed E-state index contributed by atoms with van der Waals surface area (Å²) in [6.07, 6.45) is 0. The van der Waals surface area contributed by atoms with Gasteiger partial charge < -0.3 is 5.32 Å². The zero-order chi connectivity index (χ0) is 11.8. The Morgan fingerprint density at radius 3 is 1.87 bits per heavy atom. The molecule has 0 fully saturated rings. The molecule has 82 valence electrons. The standard InChI is InChI=1S/C10H11NO2.CH3F/c1-7(12)9-3-5-10(6-4-9)11-8(2)13;1-2/h3-6H,1-2H3,(H,11,13);1H3. The van der Waals surface area contributed by atoms with Crippen molar-refractivity contribution in [3.63, 3.8) is 0 Å². The highest BCUT2D eigenvalue weighted by Crippen LogP contribution is 2.09. The fourth-order valence-corrected chi connectivity index (χ4v) is 0.992. The number of anilines is 1. The molecule has 1 rings (SSSR count). The number of carbonyl (C=O) groups excluding carboxylic acids is 2. The minimum absolute atomic E-state index is 0.0226. The number of alkyl halides is 1. The van der Waals surface area contributed by atoms with Crippen molar-refractivity contribution >= 4 is 17.4 Å². The van der Waals surface area contributed by atoms with Gasteiger partial charge in [-0.05, 0) is 31.2 Å². The summed E-state index contributed by atoms with van der Waals surface area (Å²) in [5.41, 5.74) is 1.35. The lowest BCUT2D eigenvalue weighted by Gasteiger charge is -2.01. The predicted octanol–water partition coefficient (Wildman–Crippen LogP) is 2.43. The average molecular weight is 211 g/mol. The lowest BCUT2D eigenvalue weighted by atomic mass is 10.1. The quantitative estimate of drug-likeness (QED) is 0.763. The van der Waals surface area contributed by atoms with Crippen LogP contribution in [0.4, 0.5) is 10.1 Å². The summed E-state index contributed by atoms with van der Waals surface area (Å²) >= 11 is 0. The minimum atomic E-state index is -0.115. The van der Waals surface area contributed by atoms with Gasteiger partial charge in [0.15, 0.2) is 5.78 Å². The molecule has 0 atom stereocenters. The van der Waals surface area contributed by atoms with Gasteiger partial charge >= 0.3 is 0 Å². The Labute approximate surface area is 88.3 Å². The first-order valence-corrected chi connectivity index (χ1v) is 4.36. The van der Waals surface area contributed by atoms with Gasteiger partial charge in [0.2, 0.25) is 5.91 Å². The van der Waals surface area contributed by atoms with E-state index in [1.54, 1.807) is 24.3 Å². The fourth-order valence-electron chi connectivity index (χ4n) is 0.992. The van der Waals surface area contributed by atoms with E-state index in [1.807, 2.05) is 0 Å². The van der Waals surface area contributed by atoms with Crippen LogP contribution in [0.2, 0.25) is 0 Å². The van der Waals surface area contributed by atoms with Crippen LogP contribution in [0.25, 0.3) is 0 Å². The van der Waals surface area contributed by atoms with E-state index in [1.165, 1.54) is 13.8 Å². The monoisotopic (exact) mass is 211 g/mol. The van der Waals surface area contributed by atoms with Gasteiger partial charge in [0, 0.05) is 18.2 Å². The topological polar surface area (TPSA) is 46.2 Å². The summed E-state index contributed by atoms with van der Waals surface area (Å²) in [6, 6.07) is 6.79. The summed E-state index contributed by atoms with van der Waals surface area (Å²) in [7, 11) is 0.500. The Morgan fingerprint density at radius 1 is 1.07 bits per heavy atom. The molecule has 0 aliphatic heterocycles. The van der Waals surface area contributed by atoms with E-state index in [-0.39, 0.29) is 11.7 Å². The SMILES string of the molecule is CC(=O)Nc1ccc(C(C)=O)cc1.CF. The Morgan fingerprint density at radius 2 is 1.53 bits per heavy atom. The molecule has 0 radical (unpaired) electrons. The Hall–Kier alpha value is -1.71. The summed E-state index contributed by atoms with van der Waals surface area (Å²) in [4.78, 5) is 21.5. The van der Waals surface area contributed by atoms with Crippen LogP contribution in [0.15, 0.2) is 24.3 Å². The average Bonchev–Trinajstić information content (AvgIpc) is 2.20. The second-order valence-electron chi connectivity index (χ2n) is 2.81. The lowest BCUT2D eigenvalue weighted by molar-refractivity contribution is -0.114. The maximum atomic E-state index is 10.9. The predicted molar refractivity (Wildman–Crippen MR) is 57.8 cm³/mol. The Bertz CT molecular complexity index is 333. The number of hydrogen-bond acceptors (Lipinski definition) is 2. The van der Waals surface area contributed by atoms with Crippen LogP contribution in [-0.4, -0.2) is 18.9 Å². The molecule has 0 bridgehead atoms. The molecule has 1 amide bonds. The van der Waals surface area contributed by atoms with E-state index in [2.05, 4.69) is 5.32 Å². The van der Waals surface area contributed by atoms with E-state index in [9.17, 15) is 14.0 Å². The summed E-state index contributed by atoms with van der Waals surface area (Å²) in [5, 5.41) is 2.62. The highest BCUT2D eigenvalue weighted by Gasteiger charge is 1.99. The number of benzene rings is 1. The molecular formula is C11H14FNO2. The van der Waals surface area contributed by atoms with Gasteiger partial charge in [0.05, 0.1) is 7.18 Å². The smallest absolute Gasteiger partial charge is 0.221 e. The fraction of sp³-hybridized carbons (Fsp3) is 0.273. The summed E-state index contributed by atoms with van der Waals surface area (Å²) in [5.74, 6) is -0.0926. The molecule has 0 spiro atoms. The van der Waals surface area contributed by atoms with Crippen LogP contribution in [-0.2, 0) is 4.79 Å². The Kier molecular flexibility index (Phi) is 5.94. The molecule has 0 unspecified atom stereocenters. The maximum Gasteiger partial charge on any atom is 0.221 e. The normalized spacial score (nSPS) is 8.53. The number of Topliss-reactive ketones (excluding diaryl/α,β-unsaturated/α-hetero) is 1. The van der Waals surface area contributed by atoms with Gasteiger partial charge in [-0.25, -0.2) is 0 Å². The maximum absolute atomic E-state index is 10.9. The zero-order valence-corrected chi connectivity index (χ0v) is 9.00. The van der Waals surface area contributed by atoms with Crippen molar-refractivity contribution in [3.8, 4) is 0 Å². The van der Waals surface area contributed by atoms with Crippen LogP contribution in [0.3, 0.4) is 0 Å². The molecule has 1 aromatic carbocycles. The zero-order valence-electron chi connectivity index (χ0n) is 9.00. The van der Waals surface area contributed by atoms with Crippen molar-refractivity contribution in [2.24, 2.45) is 0 Å². The molecule has 0 aliphatic carbocycles. The molecule has 1 aromatic rings. The van der Waals surface area contributed by atoms with E-state index in [0.717, 1.165) is 0 Å². The van der Waals surface area contributed by atoms with Crippen molar-refractivity contribution < 1.29 is 14.0 Å². The first kappa shape index (κ1) is 13.3. The third-order valence-electron chi connectivity index (χ3n) is 1.61. The van der Waals surface area contributed by atoms with Crippen molar-refractivity contribution in [1.82, 2.24) is 0 Å². The summed E-state index contributed by atoms with van der Waals surface area (Å²) in [6.45, 7) is 2.95. The largest absolute Gasteiger partial charge is 0.326 e. The van der Waals surface area contributed by atoms with Crippen molar-refractivity contribution in [1.29, 1.82) is 0 Å². The second kappa shape index (κ2) is 6.70. The van der Waals surface area contributed by atoms with Gasteiger partial charge in [-0.2, -0.15) is 0 Å². The van der Waals surface area contributed by atoms with E-state index >= 15 is 0 Å². The van der Waals surface area contributed by atoms with Crippen LogP contribution in [0.5, 0.6) is 0 Å². The first-order chi connectivity index (χ1) is 7.09. The lowest BCUT2D eigenvalue weighted by Crippen LogP contribution is -2.05. The molecule has 0 aromatic heterocycles. The van der Waals surface area contributed by atoms with Gasteiger partial charge in [-0.15, -0.1) is 0 Å². The van der Waals surface area contributed by atoms with Crippen molar-refractivity contribution in [2.75, 3.05) is 12.5 Å². The summed E-state index contributed by atoms with van der Waals surface area (Å²) < 4.78 is 9.50. The van der Waals surface area contributed by atoms with Gasteiger partial charge in [-0.1, -0.05) is 0 Å². The van der Waals surface area contributed by atoms with Crippen LogP contribution >= 0.6 is 0 Å². The molecule has 0 saturated heterocycles. The van der Waals surface area contributed by atoms with E-state index in [0.29, 0.717) is 18.4 Å². The second-order valence-corrected chi connectivity index (χ2v) is 2.81. The van der Waals surface area contributed by atoms with Crippen LogP contribution < -0.4 is 5.32 Å². The molecule has 3 nitrogen and oxygen atoms in total. The first-order valence-electron chi connectivity index (χ1n) is 4.36. The van der Waals surface area contributed by atoms with Crippen molar-refractivity contribution in [3.05, 3.63) is 29.8 Å². The molecule has 0 saturated carbocycles. The molecule has 4 heteroatoms. The van der Waals surface area contributed by atoms with E-state index in [4.69, 9.17) is 0 Å². The number of ketones is 1. The highest BCUT2D eigenvalue weighted by atomic mass is 19.1. The third kappa shape index (κ3) is 4.90. The minimum Gasteiger partial charge on any atom is -0.326 e.